The van der Waals surface area contributed by atoms with E-state index in [2.05, 4.69) is 20.8 Å². The van der Waals surface area contributed by atoms with Crippen LogP contribution in [-0.2, 0) is 17.8 Å². The van der Waals surface area contributed by atoms with E-state index in [1.165, 1.54) is 0 Å². The minimum atomic E-state index is -0.0954. The van der Waals surface area contributed by atoms with Gasteiger partial charge in [0, 0.05) is 36.9 Å². The second-order valence-electron chi connectivity index (χ2n) is 7.20. The standard InChI is InChI=1S/C21H24ClN7O2S/c1-2-29-19(20(30)27-9-11-31-12-10-27)17(13-23-29)24-21(32)25-18-7-8-28(26-18)14-15-5-3-4-6-16(15)22/h3-8,13H,2,9-12,14H2,1H3,(H2,24,25,26,32). The number of rotatable bonds is 6. The summed E-state index contributed by atoms with van der Waals surface area (Å²) in [7, 11) is 0. The Hall–Kier alpha value is -2.95. The number of carbonyl (C=O) groups excluding carboxylic acids is 1. The van der Waals surface area contributed by atoms with Gasteiger partial charge in [-0.25, -0.2) is 0 Å². The van der Waals surface area contributed by atoms with Gasteiger partial charge in [-0.15, -0.1) is 0 Å². The highest BCUT2D eigenvalue weighted by molar-refractivity contribution is 7.80. The van der Waals surface area contributed by atoms with Crippen molar-refractivity contribution < 1.29 is 9.53 Å². The van der Waals surface area contributed by atoms with E-state index in [0.717, 1.165) is 5.56 Å². The molecule has 0 radical (unpaired) electrons. The highest BCUT2D eigenvalue weighted by Crippen LogP contribution is 2.20. The fourth-order valence-corrected chi connectivity index (χ4v) is 3.86. The fraction of sp³-hybridized carbons (Fsp3) is 0.333. The van der Waals surface area contributed by atoms with Gasteiger partial charge in [0.25, 0.3) is 5.91 Å². The summed E-state index contributed by atoms with van der Waals surface area (Å²) in [6.07, 6.45) is 3.46. The maximum absolute atomic E-state index is 13.1. The molecule has 0 spiro atoms. The first kappa shape index (κ1) is 22.3. The lowest BCUT2D eigenvalue weighted by Crippen LogP contribution is -2.41. The Labute approximate surface area is 196 Å². The predicted octanol–water partition coefficient (Wildman–Crippen LogP) is 3.08. The van der Waals surface area contributed by atoms with Gasteiger partial charge in [-0.3, -0.25) is 14.2 Å². The number of morpholine rings is 1. The smallest absolute Gasteiger partial charge is 0.274 e. The van der Waals surface area contributed by atoms with Crippen molar-refractivity contribution in [1.82, 2.24) is 24.5 Å². The molecule has 32 heavy (non-hydrogen) atoms. The summed E-state index contributed by atoms with van der Waals surface area (Å²) in [6, 6.07) is 9.46. The minimum Gasteiger partial charge on any atom is -0.378 e. The lowest BCUT2D eigenvalue weighted by atomic mass is 10.2. The highest BCUT2D eigenvalue weighted by Gasteiger charge is 2.25. The van der Waals surface area contributed by atoms with Crippen molar-refractivity contribution in [1.29, 1.82) is 0 Å². The number of benzene rings is 1. The summed E-state index contributed by atoms with van der Waals surface area (Å²) >= 11 is 11.7. The third-order valence-electron chi connectivity index (χ3n) is 5.06. The molecule has 1 aliphatic rings. The first-order chi connectivity index (χ1) is 15.5. The number of nitrogens with zero attached hydrogens (tertiary/aromatic N) is 5. The third kappa shape index (κ3) is 5.09. The largest absolute Gasteiger partial charge is 0.378 e. The van der Waals surface area contributed by atoms with Crippen LogP contribution in [0.3, 0.4) is 0 Å². The molecular weight excluding hydrogens is 450 g/mol. The Morgan fingerprint density at radius 1 is 1.22 bits per heavy atom. The molecule has 0 saturated carbocycles. The van der Waals surface area contributed by atoms with Crippen molar-refractivity contribution >= 4 is 46.3 Å². The molecule has 2 aromatic heterocycles. The van der Waals surface area contributed by atoms with E-state index in [9.17, 15) is 4.79 Å². The summed E-state index contributed by atoms with van der Waals surface area (Å²) < 4.78 is 8.79. The number of aromatic nitrogens is 4. The van der Waals surface area contributed by atoms with E-state index in [0.29, 0.717) is 66.7 Å². The summed E-state index contributed by atoms with van der Waals surface area (Å²) in [5.41, 5.74) is 2.00. The van der Waals surface area contributed by atoms with Gasteiger partial charge in [0.2, 0.25) is 0 Å². The van der Waals surface area contributed by atoms with Crippen molar-refractivity contribution in [3.63, 3.8) is 0 Å². The molecule has 11 heteroatoms. The van der Waals surface area contributed by atoms with E-state index in [1.54, 1.807) is 20.5 Å². The van der Waals surface area contributed by atoms with Gasteiger partial charge < -0.3 is 20.3 Å². The molecule has 168 valence electrons. The average molecular weight is 474 g/mol. The van der Waals surface area contributed by atoms with Crippen LogP contribution in [0.1, 0.15) is 23.0 Å². The lowest BCUT2D eigenvalue weighted by molar-refractivity contribution is 0.0295. The van der Waals surface area contributed by atoms with Gasteiger partial charge in [-0.1, -0.05) is 29.8 Å². The van der Waals surface area contributed by atoms with Crippen molar-refractivity contribution in [3.8, 4) is 0 Å². The normalized spacial score (nSPS) is 13.8. The third-order valence-corrected chi connectivity index (χ3v) is 5.63. The zero-order valence-corrected chi connectivity index (χ0v) is 19.2. The topological polar surface area (TPSA) is 89.2 Å². The van der Waals surface area contributed by atoms with E-state index < -0.39 is 0 Å². The number of hydrogen-bond donors (Lipinski definition) is 2. The Morgan fingerprint density at radius 2 is 2.00 bits per heavy atom. The van der Waals surface area contributed by atoms with Crippen molar-refractivity contribution in [2.24, 2.45) is 0 Å². The van der Waals surface area contributed by atoms with Crippen LogP contribution >= 0.6 is 23.8 Å². The van der Waals surface area contributed by atoms with Crippen LogP contribution in [0.15, 0.2) is 42.7 Å². The monoisotopic (exact) mass is 473 g/mol. The van der Waals surface area contributed by atoms with Crippen LogP contribution < -0.4 is 10.6 Å². The zero-order chi connectivity index (χ0) is 22.5. The molecule has 4 rings (SSSR count). The molecule has 0 aliphatic carbocycles. The Bertz CT molecular complexity index is 1110. The zero-order valence-electron chi connectivity index (χ0n) is 17.6. The minimum absolute atomic E-state index is 0.0954. The van der Waals surface area contributed by atoms with Crippen LogP contribution in [0.25, 0.3) is 0 Å². The van der Waals surface area contributed by atoms with E-state index in [-0.39, 0.29) is 5.91 Å². The fourth-order valence-electron chi connectivity index (χ4n) is 3.45. The lowest BCUT2D eigenvalue weighted by Gasteiger charge is -2.27. The number of hydrogen-bond acceptors (Lipinski definition) is 5. The molecule has 0 atom stereocenters. The van der Waals surface area contributed by atoms with Gasteiger partial charge >= 0.3 is 0 Å². The number of aryl methyl sites for hydroxylation is 1. The maximum atomic E-state index is 13.1. The molecule has 2 N–H and O–H groups in total. The van der Waals surface area contributed by atoms with Gasteiger partial charge in [-0.05, 0) is 30.8 Å². The summed E-state index contributed by atoms with van der Waals surface area (Å²) in [6.45, 7) is 5.23. The van der Waals surface area contributed by atoms with Crippen LogP contribution in [0, 0.1) is 0 Å². The van der Waals surface area contributed by atoms with Crippen LogP contribution in [-0.4, -0.2) is 61.8 Å². The SMILES string of the molecule is CCn1ncc(NC(=S)Nc2ccn(Cc3ccccc3Cl)n2)c1C(=O)N1CCOCC1. The summed E-state index contributed by atoms with van der Waals surface area (Å²) in [5.74, 6) is 0.487. The number of ether oxygens (including phenoxy) is 1. The van der Waals surface area contributed by atoms with Gasteiger partial charge in [0.05, 0.1) is 31.6 Å². The number of anilines is 2. The number of carbonyl (C=O) groups is 1. The first-order valence-corrected chi connectivity index (χ1v) is 11.1. The molecular formula is C21H24ClN7O2S. The average Bonchev–Trinajstić information content (AvgIpc) is 3.41. The van der Waals surface area contributed by atoms with Gasteiger partial charge in [-0.2, -0.15) is 10.2 Å². The summed E-state index contributed by atoms with van der Waals surface area (Å²) in [5, 5.41) is 16.0. The van der Waals surface area contributed by atoms with Crippen molar-refractivity contribution in [2.45, 2.75) is 20.0 Å². The first-order valence-electron chi connectivity index (χ1n) is 10.3. The number of nitrogens with one attached hydrogen (secondary N) is 2. The van der Waals surface area contributed by atoms with Crippen LogP contribution in [0.4, 0.5) is 11.5 Å². The van der Waals surface area contributed by atoms with E-state index in [1.807, 2.05) is 43.5 Å². The van der Waals surface area contributed by atoms with Gasteiger partial charge in [0.1, 0.15) is 5.69 Å². The number of amides is 1. The molecule has 3 aromatic rings. The summed E-state index contributed by atoms with van der Waals surface area (Å²) in [4.78, 5) is 14.9. The quantitative estimate of drug-likeness (QED) is 0.532. The Kier molecular flexibility index (Phi) is 7.03. The second kappa shape index (κ2) is 10.1. The molecule has 1 aromatic carbocycles. The number of thiocarbonyl (C=S) groups is 1. The van der Waals surface area contributed by atoms with Crippen LogP contribution in [0.2, 0.25) is 5.02 Å². The highest BCUT2D eigenvalue weighted by atomic mass is 35.5. The number of halogens is 1. The van der Waals surface area contributed by atoms with E-state index in [4.69, 9.17) is 28.6 Å². The Morgan fingerprint density at radius 3 is 2.75 bits per heavy atom. The molecule has 1 saturated heterocycles. The van der Waals surface area contributed by atoms with Gasteiger partial charge in [0.15, 0.2) is 10.9 Å². The molecule has 0 bridgehead atoms. The molecule has 3 heterocycles. The van der Waals surface area contributed by atoms with Crippen molar-refractivity contribution in [2.75, 3.05) is 36.9 Å². The molecule has 1 fully saturated rings. The van der Waals surface area contributed by atoms with E-state index >= 15 is 0 Å². The van der Waals surface area contributed by atoms with Crippen LogP contribution in [0.5, 0.6) is 0 Å². The molecule has 9 nitrogen and oxygen atoms in total. The molecule has 1 amide bonds. The van der Waals surface area contributed by atoms with Crippen molar-refractivity contribution in [3.05, 3.63) is 59.0 Å². The second-order valence-corrected chi connectivity index (χ2v) is 8.01. The molecule has 1 aliphatic heterocycles. The predicted molar refractivity (Wildman–Crippen MR) is 127 cm³/mol. The maximum Gasteiger partial charge on any atom is 0.274 e. The molecule has 0 unspecified atom stereocenters. The Balaban J connectivity index is 1.42.